The van der Waals surface area contributed by atoms with E-state index in [2.05, 4.69) is 4.98 Å². The minimum Gasteiger partial charge on any atom is -0.322 e. The first kappa shape index (κ1) is 21.0. The maximum absolute atomic E-state index is 13.5. The molecule has 1 heterocycles. The van der Waals surface area contributed by atoms with Crippen LogP contribution in [0, 0.1) is 24.0 Å². The van der Waals surface area contributed by atoms with E-state index in [4.69, 9.17) is 0 Å². The van der Waals surface area contributed by atoms with E-state index in [9.17, 15) is 19.7 Å². The Bertz CT molecular complexity index is 1410. The van der Waals surface area contributed by atoms with Gasteiger partial charge in [-0.1, -0.05) is 42.0 Å². The third-order valence-corrected chi connectivity index (χ3v) is 5.35. The van der Waals surface area contributed by atoms with Gasteiger partial charge in [-0.25, -0.2) is 0 Å². The number of para-hydroxylation sites is 1. The van der Waals surface area contributed by atoms with E-state index in [0.29, 0.717) is 16.8 Å². The lowest BCUT2D eigenvalue weighted by Crippen LogP contribution is -2.33. The second-order valence-corrected chi connectivity index (χ2v) is 7.70. The number of benzene rings is 3. The van der Waals surface area contributed by atoms with Crippen LogP contribution in [0.1, 0.15) is 27.0 Å². The van der Waals surface area contributed by atoms with Crippen molar-refractivity contribution in [1.29, 1.82) is 0 Å². The monoisotopic (exact) mass is 427 g/mol. The Morgan fingerprint density at radius 2 is 1.78 bits per heavy atom. The number of carbonyl (C=O) groups is 1. The summed E-state index contributed by atoms with van der Waals surface area (Å²) in [5.74, 6) is -0.423. The van der Waals surface area contributed by atoms with Gasteiger partial charge in [0.1, 0.15) is 0 Å². The number of amides is 1. The molecule has 0 aliphatic heterocycles. The van der Waals surface area contributed by atoms with Crippen LogP contribution in [-0.2, 0) is 6.54 Å². The second kappa shape index (κ2) is 8.47. The van der Waals surface area contributed by atoms with Crippen LogP contribution in [0.5, 0.6) is 0 Å². The first-order chi connectivity index (χ1) is 15.3. The summed E-state index contributed by atoms with van der Waals surface area (Å²) < 4.78 is 0. The van der Waals surface area contributed by atoms with Crippen molar-refractivity contribution in [1.82, 2.24) is 4.98 Å². The van der Waals surface area contributed by atoms with Crippen molar-refractivity contribution in [3.63, 3.8) is 0 Å². The molecule has 0 fully saturated rings. The molecule has 4 rings (SSSR count). The third-order valence-electron chi connectivity index (χ3n) is 5.35. The molecule has 32 heavy (non-hydrogen) atoms. The molecule has 1 aromatic heterocycles. The average molecular weight is 427 g/mol. The molecule has 0 bridgehead atoms. The van der Waals surface area contributed by atoms with Crippen LogP contribution in [0.25, 0.3) is 10.9 Å². The number of hydrogen-bond donors (Lipinski definition) is 1. The van der Waals surface area contributed by atoms with Gasteiger partial charge in [0.2, 0.25) is 0 Å². The van der Waals surface area contributed by atoms with Crippen LogP contribution in [0.3, 0.4) is 0 Å². The number of H-pyrrole nitrogens is 1. The van der Waals surface area contributed by atoms with E-state index in [0.717, 1.165) is 16.5 Å². The summed E-state index contributed by atoms with van der Waals surface area (Å²) in [6, 6.07) is 20.5. The normalized spacial score (nSPS) is 10.8. The van der Waals surface area contributed by atoms with E-state index < -0.39 is 10.8 Å². The minimum atomic E-state index is -0.535. The predicted molar refractivity (Wildman–Crippen MR) is 124 cm³/mol. The van der Waals surface area contributed by atoms with Crippen molar-refractivity contribution in [2.24, 2.45) is 0 Å². The first-order valence-corrected chi connectivity index (χ1v) is 10.1. The van der Waals surface area contributed by atoms with Crippen LogP contribution in [0.15, 0.2) is 77.6 Å². The number of pyridine rings is 1. The largest absolute Gasteiger partial charge is 0.322 e. The summed E-state index contributed by atoms with van der Waals surface area (Å²) in [7, 11) is 0. The highest BCUT2D eigenvalue weighted by Gasteiger charge is 2.23. The fraction of sp³-hybridized carbons (Fsp3) is 0.120. The Morgan fingerprint density at radius 1 is 1.00 bits per heavy atom. The van der Waals surface area contributed by atoms with Crippen molar-refractivity contribution in [3.05, 3.63) is 116 Å². The number of aromatic amines is 1. The fourth-order valence-corrected chi connectivity index (χ4v) is 3.76. The highest BCUT2D eigenvalue weighted by atomic mass is 16.6. The minimum absolute atomic E-state index is 0.0194. The van der Waals surface area contributed by atoms with Crippen molar-refractivity contribution < 1.29 is 9.72 Å². The molecule has 0 spiro atoms. The van der Waals surface area contributed by atoms with E-state index in [-0.39, 0.29) is 23.4 Å². The summed E-state index contributed by atoms with van der Waals surface area (Å²) >= 11 is 0. The van der Waals surface area contributed by atoms with Crippen molar-refractivity contribution in [2.45, 2.75) is 20.4 Å². The van der Waals surface area contributed by atoms with Gasteiger partial charge in [0, 0.05) is 34.5 Å². The Kier molecular flexibility index (Phi) is 5.55. The number of non-ortho nitro benzene ring substituents is 1. The number of carbonyl (C=O) groups excluding carboxylic acids is 1. The molecule has 7 heteroatoms. The maximum Gasteiger partial charge on any atom is 0.270 e. The van der Waals surface area contributed by atoms with Crippen molar-refractivity contribution in [2.75, 3.05) is 4.90 Å². The first-order valence-electron chi connectivity index (χ1n) is 10.1. The molecule has 0 saturated heterocycles. The molecular weight excluding hydrogens is 406 g/mol. The zero-order valence-corrected chi connectivity index (χ0v) is 17.7. The van der Waals surface area contributed by atoms with Gasteiger partial charge in [0.15, 0.2) is 0 Å². The molecule has 4 aromatic rings. The number of anilines is 1. The highest BCUT2D eigenvalue weighted by molar-refractivity contribution is 6.06. The molecule has 0 aliphatic rings. The molecule has 0 radical (unpaired) electrons. The number of aromatic nitrogens is 1. The lowest BCUT2D eigenvalue weighted by molar-refractivity contribution is -0.384. The SMILES string of the molecule is Cc1ccc(N(Cc2cc3ccccc3[nH]c2=O)C(=O)c2cccc([N+](=O)[O-])c2)c(C)c1. The molecule has 7 nitrogen and oxygen atoms in total. The smallest absolute Gasteiger partial charge is 0.270 e. The van der Waals surface area contributed by atoms with Crippen molar-refractivity contribution in [3.8, 4) is 0 Å². The Balaban J connectivity index is 1.82. The Hall–Kier alpha value is -4.26. The van der Waals surface area contributed by atoms with Crippen LogP contribution >= 0.6 is 0 Å². The van der Waals surface area contributed by atoms with E-state index in [1.54, 1.807) is 6.07 Å². The zero-order chi connectivity index (χ0) is 22.8. The molecule has 3 aromatic carbocycles. The van der Waals surface area contributed by atoms with Crippen LogP contribution < -0.4 is 10.5 Å². The lowest BCUT2D eigenvalue weighted by atomic mass is 10.1. The zero-order valence-electron chi connectivity index (χ0n) is 17.7. The third kappa shape index (κ3) is 4.13. The van der Waals surface area contributed by atoms with E-state index in [1.165, 1.54) is 29.2 Å². The van der Waals surface area contributed by atoms with E-state index in [1.807, 2.05) is 56.3 Å². The van der Waals surface area contributed by atoms with Gasteiger partial charge in [-0.15, -0.1) is 0 Å². The molecule has 0 saturated carbocycles. The number of fused-ring (bicyclic) bond motifs is 1. The average Bonchev–Trinajstić information content (AvgIpc) is 2.78. The van der Waals surface area contributed by atoms with Gasteiger partial charge in [0.05, 0.1) is 11.5 Å². The fourth-order valence-electron chi connectivity index (χ4n) is 3.76. The number of hydrogen-bond acceptors (Lipinski definition) is 4. The number of nitro benzene ring substituents is 1. The summed E-state index contributed by atoms with van der Waals surface area (Å²) in [5, 5.41) is 12.1. The molecular formula is C25H21N3O4. The summed E-state index contributed by atoms with van der Waals surface area (Å²) in [5.41, 5.74) is 3.40. The number of rotatable bonds is 5. The quantitative estimate of drug-likeness (QED) is 0.362. The molecule has 1 N–H and O–H groups in total. The van der Waals surface area contributed by atoms with Crippen LogP contribution in [0.4, 0.5) is 11.4 Å². The molecule has 0 unspecified atom stereocenters. The number of nitrogens with one attached hydrogen (secondary N) is 1. The van der Waals surface area contributed by atoms with Gasteiger partial charge in [-0.2, -0.15) is 0 Å². The topological polar surface area (TPSA) is 96.3 Å². The van der Waals surface area contributed by atoms with Crippen molar-refractivity contribution >= 4 is 28.2 Å². The van der Waals surface area contributed by atoms with Gasteiger partial charge < -0.3 is 9.88 Å². The summed E-state index contributed by atoms with van der Waals surface area (Å²) in [6.07, 6.45) is 0. The van der Waals surface area contributed by atoms with Crippen LogP contribution in [0.2, 0.25) is 0 Å². The number of nitro groups is 1. The van der Waals surface area contributed by atoms with Crippen LogP contribution in [-0.4, -0.2) is 15.8 Å². The molecule has 0 atom stereocenters. The Labute approximate surface area is 184 Å². The molecule has 1 amide bonds. The van der Waals surface area contributed by atoms with Gasteiger partial charge in [-0.3, -0.25) is 19.7 Å². The Morgan fingerprint density at radius 3 is 2.53 bits per heavy atom. The van der Waals surface area contributed by atoms with Gasteiger partial charge >= 0.3 is 0 Å². The highest BCUT2D eigenvalue weighted by Crippen LogP contribution is 2.26. The lowest BCUT2D eigenvalue weighted by Gasteiger charge is -2.25. The summed E-state index contributed by atoms with van der Waals surface area (Å²) in [4.78, 5) is 41.3. The standard InChI is InChI=1S/C25H21N3O4/c1-16-10-11-23(17(2)12-16)27(25(30)19-7-5-8-21(14-19)28(31)32)15-20-13-18-6-3-4-9-22(18)26-24(20)29/h3-14H,15H2,1-2H3,(H,26,29). The summed E-state index contributed by atoms with van der Waals surface area (Å²) in [6.45, 7) is 3.86. The predicted octanol–water partition coefficient (Wildman–Crippen LogP) is 4.90. The van der Waals surface area contributed by atoms with E-state index >= 15 is 0 Å². The van der Waals surface area contributed by atoms with Gasteiger partial charge in [0.25, 0.3) is 17.2 Å². The molecule has 160 valence electrons. The van der Waals surface area contributed by atoms with Gasteiger partial charge in [-0.05, 0) is 49.1 Å². The number of nitrogens with zero attached hydrogens (tertiary/aromatic N) is 2. The second-order valence-electron chi connectivity index (χ2n) is 7.70. The maximum atomic E-state index is 13.5. The number of aryl methyl sites for hydroxylation is 2. The molecule has 0 aliphatic carbocycles.